The Bertz CT molecular complexity index is 358. The third-order valence-electron chi connectivity index (χ3n) is 2.08. The largest absolute Gasteiger partial charge is 0.368 e. The maximum atomic E-state index is 11.2. The molecule has 0 fully saturated rings. The van der Waals surface area contributed by atoms with Gasteiger partial charge in [0.2, 0.25) is 5.91 Å². The molecule has 0 aliphatic heterocycles. The average Bonchev–Trinajstić information content (AvgIpc) is 2.31. The Morgan fingerprint density at radius 3 is 2.94 bits per heavy atom. The Hall–Kier alpha value is -0.780. The monoisotopic (exact) mass is 273 g/mol. The molecule has 0 saturated carbocycles. The van der Waals surface area contributed by atoms with Gasteiger partial charge in [0.25, 0.3) is 0 Å². The summed E-state index contributed by atoms with van der Waals surface area (Å²) in [5.41, 5.74) is 5.31. The lowest BCUT2D eigenvalue weighted by atomic mass is 10.3. The fraction of sp³-hybridized carbons (Fsp3) is 0.455. The number of carbonyl (C=O) groups excluding carboxylic acids is 1. The summed E-state index contributed by atoms with van der Waals surface area (Å²) in [4.78, 5) is 15.3. The molecule has 17 heavy (non-hydrogen) atoms. The van der Waals surface area contributed by atoms with Crippen LogP contribution in [0.15, 0.2) is 23.4 Å². The molecule has 1 aromatic heterocycles. The Morgan fingerprint density at radius 2 is 2.41 bits per heavy atom. The lowest BCUT2D eigenvalue weighted by molar-refractivity contribution is -0.119. The van der Waals surface area contributed by atoms with Gasteiger partial charge >= 0.3 is 0 Å². The first-order valence-corrected chi connectivity index (χ1v) is 6.77. The van der Waals surface area contributed by atoms with Crippen molar-refractivity contribution in [3.63, 3.8) is 0 Å². The zero-order valence-corrected chi connectivity index (χ0v) is 11.2. The second-order valence-corrected chi connectivity index (χ2v) is 5.01. The predicted molar refractivity (Wildman–Crippen MR) is 71.2 cm³/mol. The van der Waals surface area contributed by atoms with Crippen molar-refractivity contribution in [1.82, 2.24) is 10.3 Å². The minimum absolute atomic E-state index is 0.322. The van der Waals surface area contributed by atoms with Crippen molar-refractivity contribution >= 4 is 29.3 Å². The average molecular weight is 274 g/mol. The van der Waals surface area contributed by atoms with E-state index in [9.17, 15) is 4.79 Å². The van der Waals surface area contributed by atoms with Crippen LogP contribution in [-0.4, -0.2) is 29.2 Å². The number of nitrogens with one attached hydrogen (secondary N) is 1. The quantitative estimate of drug-likeness (QED) is 0.742. The number of nitrogens with zero attached hydrogens (tertiary/aromatic N) is 1. The van der Waals surface area contributed by atoms with Crippen molar-refractivity contribution < 1.29 is 4.79 Å². The molecule has 0 bridgehead atoms. The second-order valence-electron chi connectivity index (χ2n) is 3.53. The predicted octanol–water partition coefficient (Wildman–Crippen LogP) is 1.68. The maximum absolute atomic E-state index is 11.2. The Labute approximate surface area is 110 Å². The fourth-order valence-corrected chi connectivity index (χ4v) is 2.20. The van der Waals surface area contributed by atoms with Crippen LogP contribution in [0, 0.1) is 0 Å². The van der Waals surface area contributed by atoms with E-state index in [0.29, 0.717) is 10.8 Å². The van der Waals surface area contributed by atoms with Gasteiger partial charge in [0.1, 0.15) is 0 Å². The molecule has 1 rings (SSSR count). The molecule has 6 heteroatoms. The molecule has 1 aromatic rings. The van der Waals surface area contributed by atoms with E-state index in [2.05, 4.69) is 10.3 Å². The maximum Gasteiger partial charge on any atom is 0.235 e. The lowest BCUT2D eigenvalue weighted by Crippen LogP contribution is -2.43. The van der Waals surface area contributed by atoms with Gasteiger partial charge in [0.15, 0.2) is 0 Å². The molecule has 0 saturated heterocycles. The van der Waals surface area contributed by atoms with Crippen molar-refractivity contribution in [2.75, 3.05) is 12.3 Å². The molecule has 94 valence electrons. The van der Waals surface area contributed by atoms with Crippen LogP contribution in [0.5, 0.6) is 0 Å². The van der Waals surface area contributed by atoms with E-state index in [-0.39, 0.29) is 11.9 Å². The number of halogens is 1. The molecule has 4 nitrogen and oxygen atoms in total. The summed E-state index contributed by atoms with van der Waals surface area (Å²) in [5.74, 6) is 0.240. The highest BCUT2D eigenvalue weighted by molar-refractivity contribution is 7.99. The molecule has 1 atom stereocenters. The van der Waals surface area contributed by atoms with Gasteiger partial charge in [0, 0.05) is 11.9 Å². The third kappa shape index (κ3) is 5.39. The number of carbonyl (C=O) groups is 1. The van der Waals surface area contributed by atoms with Crippen LogP contribution in [0.25, 0.3) is 0 Å². The summed E-state index contributed by atoms with van der Waals surface area (Å²) in [7, 11) is 0. The Kier molecular flexibility index (Phi) is 6.32. The summed E-state index contributed by atoms with van der Waals surface area (Å²) >= 11 is 7.22. The van der Waals surface area contributed by atoms with Gasteiger partial charge in [-0.15, -0.1) is 11.8 Å². The van der Waals surface area contributed by atoms with Crippen molar-refractivity contribution in [1.29, 1.82) is 0 Å². The topological polar surface area (TPSA) is 68.0 Å². The van der Waals surface area contributed by atoms with Crippen LogP contribution in [0.4, 0.5) is 0 Å². The minimum atomic E-state index is -0.333. The van der Waals surface area contributed by atoms with Crippen molar-refractivity contribution in [3.8, 4) is 0 Å². The molecular formula is C11H16ClN3OS. The Morgan fingerprint density at radius 1 is 1.65 bits per heavy atom. The summed E-state index contributed by atoms with van der Waals surface area (Å²) < 4.78 is 0. The first-order chi connectivity index (χ1) is 8.13. The summed E-state index contributed by atoms with van der Waals surface area (Å²) in [5, 5.41) is 4.54. The van der Waals surface area contributed by atoms with Crippen LogP contribution in [0.3, 0.4) is 0 Å². The molecule has 0 aliphatic rings. The third-order valence-corrected chi connectivity index (χ3v) is 3.34. The van der Waals surface area contributed by atoms with Gasteiger partial charge in [-0.05, 0) is 25.1 Å². The van der Waals surface area contributed by atoms with E-state index < -0.39 is 0 Å². The van der Waals surface area contributed by atoms with E-state index in [0.717, 1.165) is 18.0 Å². The summed E-state index contributed by atoms with van der Waals surface area (Å²) in [6.07, 6.45) is 2.55. The van der Waals surface area contributed by atoms with E-state index in [1.807, 2.05) is 13.0 Å². The van der Waals surface area contributed by atoms with Gasteiger partial charge in [-0.1, -0.05) is 18.5 Å². The standard InChI is InChI=1S/C11H16ClN3OS/c1-2-5-14-9(11(13)16)7-17-10-4-3-8(12)6-15-10/h3-4,6,9,14H,2,5,7H2,1H3,(H2,13,16). The van der Waals surface area contributed by atoms with Crippen LogP contribution < -0.4 is 11.1 Å². The van der Waals surface area contributed by atoms with Gasteiger partial charge in [0.05, 0.1) is 16.1 Å². The number of pyridine rings is 1. The zero-order valence-electron chi connectivity index (χ0n) is 9.65. The smallest absolute Gasteiger partial charge is 0.235 e. The number of hydrogen-bond donors (Lipinski definition) is 2. The summed E-state index contributed by atoms with van der Waals surface area (Å²) in [6.45, 7) is 2.82. The van der Waals surface area contributed by atoms with Crippen molar-refractivity contribution in [3.05, 3.63) is 23.4 Å². The van der Waals surface area contributed by atoms with E-state index in [1.54, 1.807) is 12.3 Å². The normalized spacial score (nSPS) is 12.4. The SMILES string of the molecule is CCCNC(CSc1ccc(Cl)cn1)C(N)=O. The van der Waals surface area contributed by atoms with Gasteiger partial charge in [-0.2, -0.15) is 0 Å². The number of aromatic nitrogens is 1. The highest BCUT2D eigenvalue weighted by atomic mass is 35.5. The van der Waals surface area contributed by atoms with Gasteiger partial charge in [-0.3, -0.25) is 4.79 Å². The van der Waals surface area contributed by atoms with Gasteiger partial charge in [-0.25, -0.2) is 4.98 Å². The van der Waals surface area contributed by atoms with E-state index in [1.165, 1.54) is 11.8 Å². The van der Waals surface area contributed by atoms with Crippen molar-refractivity contribution in [2.45, 2.75) is 24.4 Å². The van der Waals surface area contributed by atoms with E-state index >= 15 is 0 Å². The first-order valence-electron chi connectivity index (χ1n) is 5.40. The number of amides is 1. The second kappa shape index (κ2) is 7.53. The van der Waals surface area contributed by atoms with Crippen LogP contribution >= 0.6 is 23.4 Å². The fourth-order valence-electron chi connectivity index (χ4n) is 1.18. The van der Waals surface area contributed by atoms with E-state index in [4.69, 9.17) is 17.3 Å². The highest BCUT2D eigenvalue weighted by Gasteiger charge is 2.14. The Balaban J connectivity index is 2.45. The number of rotatable bonds is 7. The lowest BCUT2D eigenvalue weighted by Gasteiger charge is -2.13. The summed E-state index contributed by atoms with van der Waals surface area (Å²) in [6, 6.07) is 3.28. The van der Waals surface area contributed by atoms with Crippen LogP contribution in [0.1, 0.15) is 13.3 Å². The molecule has 1 unspecified atom stereocenters. The van der Waals surface area contributed by atoms with Crippen LogP contribution in [0.2, 0.25) is 5.02 Å². The minimum Gasteiger partial charge on any atom is -0.368 e. The molecule has 1 amide bonds. The highest BCUT2D eigenvalue weighted by Crippen LogP contribution is 2.17. The van der Waals surface area contributed by atoms with Gasteiger partial charge < -0.3 is 11.1 Å². The number of nitrogens with two attached hydrogens (primary N) is 1. The number of primary amides is 1. The molecule has 0 aliphatic carbocycles. The molecule has 0 aromatic carbocycles. The zero-order chi connectivity index (χ0) is 12.7. The first kappa shape index (κ1) is 14.3. The van der Waals surface area contributed by atoms with Crippen molar-refractivity contribution in [2.24, 2.45) is 5.73 Å². The molecule has 0 radical (unpaired) electrons. The number of thioether (sulfide) groups is 1. The van der Waals surface area contributed by atoms with Crippen LogP contribution in [-0.2, 0) is 4.79 Å². The molecule has 1 heterocycles. The molecule has 3 N–H and O–H groups in total. The molecular weight excluding hydrogens is 258 g/mol. The number of hydrogen-bond acceptors (Lipinski definition) is 4. The molecule has 0 spiro atoms.